The summed E-state index contributed by atoms with van der Waals surface area (Å²) in [6.45, 7) is 0.737. The topological polar surface area (TPSA) is 75.7 Å². The molecule has 0 bridgehead atoms. The number of imide groups is 1. The monoisotopic (exact) mass is 428 g/mol. The molecule has 0 spiro atoms. The molecule has 1 fully saturated rings. The van der Waals surface area contributed by atoms with Gasteiger partial charge in [-0.25, -0.2) is 0 Å². The van der Waals surface area contributed by atoms with Crippen molar-refractivity contribution >= 4 is 33.7 Å². The second-order valence-electron chi connectivity index (χ2n) is 6.59. The largest absolute Gasteiger partial charge is 0.488 e. The molecule has 2 aromatic rings. The van der Waals surface area contributed by atoms with E-state index in [9.17, 15) is 14.4 Å². The number of hydrogen-bond donors (Lipinski definition) is 1. The Labute approximate surface area is 164 Å². The summed E-state index contributed by atoms with van der Waals surface area (Å²) in [6.07, 6.45) is 0.586. The summed E-state index contributed by atoms with van der Waals surface area (Å²) in [7, 11) is 0. The zero-order valence-corrected chi connectivity index (χ0v) is 16.0. The molecule has 6 nitrogen and oxygen atoms in total. The highest BCUT2D eigenvalue weighted by Crippen LogP contribution is 2.38. The van der Waals surface area contributed by atoms with Crippen molar-refractivity contribution in [3.63, 3.8) is 0 Å². The number of piperidine rings is 1. The van der Waals surface area contributed by atoms with Gasteiger partial charge in [0.25, 0.3) is 5.91 Å². The number of hydrogen-bond acceptors (Lipinski definition) is 4. The molecule has 1 unspecified atom stereocenters. The van der Waals surface area contributed by atoms with Gasteiger partial charge in [-0.15, -0.1) is 0 Å². The molecule has 0 aliphatic carbocycles. The van der Waals surface area contributed by atoms with E-state index in [0.717, 1.165) is 11.1 Å². The highest BCUT2D eigenvalue weighted by Gasteiger charge is 2.40. The molecule has 2 aliphatic heterocycles. The van der Waals surface area contributed by atoms with E-state index in [1.165, 1.54) is 4.90 Å². The van der Waals surface area contributed by atoms with Gasteiger partial charge in [0, 0.05) is 13.0 Å². The van der Waals surface area contributed by atoms with Crippen LogP contribution in [0, 0.1) is 0 Å². The van der Waals surface area contributed by atoms with Crippen molar-refractivity contribution in [1.29, 1.82) is 0 Å². The summed E-state index contributed by atoms with van der Waals surface area (Å²) in [6, 6.07) is 12.8. The molecule has 0 radical (unpaired) electrons. The Morgan fingerprint density at radius 2 is 1.89 bits per heavy atom. The number of ether oxygens (including phenoxy) is 1. The van der Waals surface area contributed by atoms with Crippen LogP contribution in [0.4, 0.5) is 0 Å². The fraction of sp³-hybridized carbons (Fsp3) is 0.250. The standard InChI is InChI=1S/C20H17BrN2O4/c21-18-15(27-11-12-4-2-1-3-5-12)8-6-13-10-23(20(26)17(13)18)14-7-9-16(24)22-19(14)25/h1-6,8,14H,7,9-11H2,(H,22,24,25). The maximum atomic E-state index is 12.9. The second kappa shape index (κ2) is 7.15. The number of nitrogens with zero attached hydrogens (tertiary/aromatic N) is 1. The fourth-order valence-corrected chi connectivity index (χ4v) is 4.11. The number of rotatable bonds is 4. The van der Waals surface area contributed by atoms with Crippen LogP contribution in [0.2, 0.25) is 0 Å². The first kappa shape index (κ1) is 17.7. The van der Waals surface area contributed by atoms with Gasteiger partial charge in [-0.05, 0) is 39.5 Å². The predicted molar refractivity (Wildman–Crippen MR) is 101 cm³/mol. The Kier molecular flexibility index (Phi) is 4.70. The molecule has 2 heterocycles. The maximum absolute atomic E-state index is 12.9. The predicted octanol–water partition coefficient (Wildman–Crippen LogP) is 2.79. The van der Waals surface area contributed by atoms with Crippen LogP contribution in [0.1, 0.15) is 34.3 Å². The molecule has 4 rings (SSSR count). The van der Waals surface area contributed by atoms with Crippen LogP contribution in [0.3, 0.4) is 0 Å². The third-order valence-electron chi connectivity index (χ3n) is 4.83. The molecule has 0 saturated carbocycles. The first-order valence-corrected chi connectivity index (χ1v) is 9.46. The van der Waals surface area contributed by atoms with Gasteiger partial charge < -0.3 is 9.64 Å². The van der Waals surface area contributed by atoms with Gasteiger partial charge in [0.15, 0.2) is 0 Å². The highest BCUT2D eigenvalue weighted by molar-refractivity contribution is 9.10. The van der Waals surface area contributed by atoms with Gasteiger partial charge in [-0.3, -0.25) is 19.7 Å². The number of nitrogens with one attached hydrogen (secondary N) is 1. The van der Waals surface area contributed by atoms with E-state index in [0.29, 0.717) is 35.4 Å². The summed E-state index contributed by atoms with van der Waals surface area (Å²) in [4.78, 5) is 38.0. The smallest absolute Gasteiger partial charge is 0.256 e. The van der Waals surface area contributed by atoms with Gasteiger partial charge in [0.05, 0.1) is 10.0 Å². The number of carbonyl (C=O) groups excluding carboxylic acids is 3. The van der Waals surface area contributed by atoms with Gasteiger partial charge in [-0.2, -0.15) is 0 Å². The minimum absolute atomic E-state index is 0.225. The molecule has 1 saturated heterocycles. The third kappa shape index (κ3) is 3.35. The number of halogens is 1. The lowest BCUT2D eigenvalue weighted by molar-refractivity contribution is -0.136. The Balaban J connectivity index is 1.54. The minimum Gasteiger partial charge on any atom is -0.488 e. The number of fused-ring (bicyclic) bond motifs is 1. The van der Waals surface area contributed by atoms with Crippen LogP contribution in [0.5, 0.6) is 5.75 Å². The van der Waals surface area contributed by atoms with Gasteiger partial charge >= 0.3 is 0 Å². The van der Waals surface area contributed by atoms with Crippen LogP contribution in [-0.4, -0.2) is 28.7 Å². The van der Waals surface area contributed by atoms with Crippen LogP contribution >= 0.6 is 15.9 Å². The lowest BCUT2D eigenvalue weighted by atomic mass is 10.0. The number of amides is 3. The molecule has 2 aliphatic rings. The Morgan fingerprint density at radius 3 is 2.63 bits per heavy atom. The molecule has 138 valence electrons. The minimum atomic E-state index is -0.622. The van der Waals surface area contributed by atoms with Crippen LogP contribution in [0.15, 0.2) is 46.9 Å². The Hall–Kier alpha value is -2.67. The summed E-state index contributed by atoms with van der Waals surface area (Å²) in [5.74, 6) is -0.352. The first-order valence-electron chi connectivity index (χ1n) is 8.67. The maximum Gasteiger partial charge on any atom is 0.256 e. The quantitative estimate of drug-likeness (QED) is 0.759. The number of carbonyl (C=O) groups is 3. The molecule has 1 atom stereocenters. The summed E-state index contributed by atoms with van der Waals surface area (Å²) in [5, 5.41) is 2.31. The molecular formula is C20H17BrN2O4. The normalized spacial score (nSPS) is 19.1. The van der Waals surface area contributed by atoms with E-state index in [1.54, 1.807) is 0 Å². The molecular weight excluding hydrogens is 412 g/mol. The van der Waals surface area contributed by atoms with Gasteiger partial charge in [0.1, 0.15) is 18.4 Å². The average molecular weight is 429 g/mol. The molecule has 2 aromatic carbocycles. The Bertz CT molecular complexity index is 929. The number of benzene rings is 2. The van der Waals surface area contributed by atoms with Gasteiger partial charge in [-0.1, -0.05) is 36.4 Å². The lowest BCUT2D eigenvalue weighted by Gasteiger charge is -2.29. The highest BCUT2D eigenvalue weighted by atomic mass is 79.9. The first-order chi connectivity index (χ1) is 13.0. The molecule has 3 amide bonds. The van der Waals surface area contributed by atoms with E-state index in [2.05, 4.69) is 21.2 Å². The molecule has 27 heavy (non-hydrogen) atoms. The SMILES string of the molecule is O=C1CCC(N2Cc3ccc(OCc4ccccc4)c(Br)c3C2=O)C(=O)N1. The van der Waals surface area contributed by atoms with Crippen LogP contribution in [-0.2, 0) is 22.7 Å². The van der Waals surface area contributed by atoms with Crippen molar-refractivity contribution in [3.05, 3.63) is 63.6 Å². The summed E-state index contributed by atoms with van der Waals surface area (Å²) < 4.78 is 6.46. The van der Waals surface area contributed by atoms with E-state index >= 15 is 0 Å². The van der Waals surface area contributed by atoms with Crippen molar-refractivity contribution in [2.75, 3.05) is 0 Å². The van der Waals surface area contributed by atoms with E-state index < -0.39 is 11.9 Å². The summed E-state index contributed by atoms with van der Waals surface area (Å²) in [5.41, 5.74) is 2.38. The van der Waals surface area contributed by atoms with Crippen LogP contribution in [0.25, 0.3) is 0 Å². The van der Waals surface area contributed by atoms with Gasteiger partial charge in [0.2, 0.25) is 11.8 Å². The van der Waals surface area contributed by atoms with Crippen molar-refractivity contribution in [2.45, 2.75) is 32.0 Å². The average Bonchev–Trinajstić information content (AvgIpc) is 2.99. The van der Waals surface area contributed by atoms with Crippen LogP contribution < -0.4 is 10.1 Å². The molecule has 1 N–H and O–H groups in total. The summed E-state index contributed by atoms with van der Waals surface area (Å²) >= 11 is 3.50. The van der Waals surface area contributed by atoms with Crippen molar-refractivity contribution in [3.8, 4) is 5.75 Å². The van der Waals surface area contributed by atoms with Crippen molar-refractivity contribution < 1.29 is 19.1 Å². The molecule has 0 aromatic heterocycles. The second-order valence-corrected chi connectivity index (χ2v) is 7.38. The third-order valence-corrected chi connectivity index (χ3v) is 5.62. The van der Waals surface area contributed by atoms with E-state index in [-0.39, 0.29) is 18.2 Å². The zero-order chi connectivity index (χ0) is 19.0. The zero-order valence-electron chi connectivity index (χ0n) is 14.4. The van der Waals surface area contributed by atoms with E-state index in [4.69, 9.17) is 4.74 Å². The Morgan fingerprint density at radius 1 is 1.11 bits per heavy atom. The molecule has 7 heteroatoms. The van der Waals surface area contributed by atoms with Crippen molar-refractivity contribution in [2.24, 2.45) is 0 Å². The fourth-order valence-electron chi connectivity index (χ4n) is 3.44. The van der Waals surface area contributed by atoms with E-state index in [1.807, 2.05) is 42.5 Å². The van der Waals surface area contributed by atoms with Crippen molar-refractivity contribution in [1.82, 2.24) is 10.2 Å². The lowest BCUT2D eigenvalue weighted by Crippen LogP contribution is -2.52.